The standard InChI is InChI=1S/C25H31FO/c1-3-5-8-19-11-13-20(14-12-19)21-15-17-22(18-16-21)25(27-4-2)23-9-6-7-10-24(23)26/h3,6-7,9-10,15-20,25H,1,4-5,8,11-14H2,2H3. The summed E-state index contributed by atoms with van der Waals surface area (Å²) in [4.78, 5) is 0. The molecular formula is C25H31FO. The smallest absolute Gasteiger partial charge is 0.129 e. The molecule has 0 saturated heterocycles. The van der Waals surface area contributed by atoms with Crippen LogP contribution in [0.15, 0.2) is 61.2 Å². The summed E-state index contributed by atoms with van der Waals surface area (Å²) in [6.07, 6.45) is 9.28. The van der Waals surface area contributed by atoms with E-state index in [9.17, 15) is 4.39 Å². The van der Waals surface area contributed by atoms with Crippen molar-refractivity contribution in [3.05, 3.63) is 83.7 Å². The lowest BCUT2D eigenvalue weighted by Gasteiger charge is -2.29. The fourth-order valence-corrected chi connectivity index (χ4v) is 4.30. The molecule has 0 bridgehead atoms. The first kappa shape index (κ1) is 19.8. The molecule has 1 aliphatic rings. The van der Waals surface area contributed by atoms with E-state index in [1.54, 1.807) is 6.07 Å². The summed E-state index contributed by atoms with van der Waals surface area (Å²) >= 11 is 0. The third-order valence-electron chi connectivity index (χ3n) is 5.86. The summed E-state index contributed by atoms with van der Waals surface area (Å²) in [5.74, 6) is 1.30. The lowest BCUT2D eigenvalue weighted by molar-refractivity contribution is 0.0887. The van der Waals surface area contributed by atoms with E-state index in [0.717, 1.165) is 17.9 Å². The average Bonchev–Trinajstić information content (AvgIpc) is 2.72. The van der Waals surface area contributed by atoms with Crippen LogP contribution in [0.3, 0.4) is 0 Å². The van der Waals surface area contributed by atoms with E-state index in [1.165, 1.54) is 43.7 Å². The van der Waals surface area contributed by atoms with Crippen molar-refractivity contribution in [2.24, 2.45) is 5.92 Å². The molecule has 1 aliphatic carbocycles. The fourth-order valence-electron chi connectivity index (χ4n) is 4.30. The quantitative estimate of drug-likeness (QED) is 0.449. The molecular weight excluding hydrogens is 335 g/mol. The number of halogens is 1. The van der Waals surface area contributed by atoms with E-state index in [1.807, 2.05) is 25.1 Å². The summed E-state index contributed by atoms with van der Waals surface area (Å²) in [5.41, 5.74) is 3.03. The lowest BCUT2D eigenvalue weighted by Crippen LogP contribution is -2.13. The van der Waals surface area contributed by atoms with Crippen molar-refractivity contribution < 1.29 is 9.13 Å². The van der Waals surface area contributed by atoms with Gasteiger partial charge >= 0.3 is 0 Å². The van der Waals surface area contributed by atoms with Crippen LogP contribution in [0.5, 0.6) is 0 Å². The number of rotatable bonds is 8. The Morgan fingerprint density at radius 3 is 2.41 bits per heavy atom. The van der Waals surface area contributed by atoms with Gasteiger partial charge in [0, 0.05) is 12.2 Å². The number of hydrogen-bond acceptors (Lipinski definition) is 1. The maximum atomic E-state index is 14.3. The highest BCUT2D eigenvalue weighted by Gasteiger charge is 2.23. The first-order valence-corrected chi connectivity index (χ1v) is 10.3. The molecule has 0 aliphatic heterocycles. The summed E-state index contributed by atoms with van der Waals surface area (Å²) in [7, 11) is 0. The molecule has 2 heteroatoms. The van der Waals surface area contributed by atoms with Crippen molar-refractivity contribution in [1.29, 1.82) is 0 Å². The fraction of sp³-hybridized carbons (Fsp3) is 0.440. The Labute approximate surface area is 163 Å². The second kappa shape index (κ2) is 9.85. The first-order valence-electron chi connectivity index (χ1n) is 10.3. The van der Waals surface area contributed by atoms with Crippen molar-refractivity contribution in [1.82, 2.24) is 0 Å². The van der Waals surface area contributed by atoms with Gasteiger partial charge in [0.05, 0.1) is 0 Å². The Kier molecular flexibility index (Phi) is 7.23. The normalized spacial score (nSPS) is 21.0. The molecule has 0 amide bonds. The maximum Gasteiger partial charge on any atom is 0.129 e. The third-order valence-corrected chi connectivity index (χ3v) is 5.86. The Balaban J connectivity index is 1.69. The van der Waals surface area contributed by atoms with E-state index in [4.69, 9.17) is 4.74 Å². The van der Waals surface area contributed by atoms with Gasteiger partial charge in [-0.15, -0.1) is 6.58 Å². The monoisotopic (exact) mass is 366 g/mol. The van der Waals surface area contributed by atoms with Gasteiger partial charge < -0.3 is 4.74 Å². The van der Waals surface area contributed by atoms with Crippen molar-refractivity contribution in [2.45, 2.75) is 57.5 Å². The highest BCUT2D eigenvalue weighted by molar-refractivity contribution is 5.34. The Hall–Kier alpha value is -1.93. The van der Waals surface area contributed by atoms with Crippen LogP contribution in [0.1, 0.15) is 74.2 Å². The molecule has 27 heavy (non-hydrogen) atoms. The van der Waals surface area contributed by atoms with E-state index in [-0.39, 0.29) is 11.9 Å². The zero-order valence-electron chi connectivity index (χ0n) is 16.4. The minimum absolute atomic E-state index is 0.210. The van der Waals surface area contributed by atoms with Gasteiger partial charge in [-0.05, 0) is 74.5 Å². The molecule has 0 spiro atoms. The SMILES string of the molecule is C=CCCC1CCC(c2ccc(C(OCC)c3ccccc3F)cc2)CC1. The summed E-state index contributed by atoms with van der Waals surface area (Å²) in [6, 6.07) is 15.6. The van der Waals surface area contributed by atoms with Gasteiger partial charge in [-0.1, -0.05) is 48.5 Å². The van der Waals surface area contributed by atoms with Crippen LogP contribution in [-0.4, -0.2) is 6.61 Å². The molecule has 1 saturated carbocycles. The predicted molar refractivity (Wildman–Crippen MR) is 110 cm³/mol. The van der Waals surface area contributed by atoms with E-state index in [2.05, 4.69) is 30.8 Å². The minimum atomic E-state index is -0.347. The molecule has 1 nitrogen and oxygen atoms in total. The Bertz CT molecular complexity index is 713. The predicted octanol–water partition coefficient (Wildman–Crippen LogP) is 7.19. The molecule has 0 radical (unpaired) electrons. The molecule has 0 heterocycles. The number of allylic oxidation sites excluding steroid dienone is 1. The molecule has 1 unspecified atom stereocenters. The highest BCUT2D eigenvalue weighted by atomic mass is 19.1. The topological polar surface area (TPSA) is 9.23 Å². The maximum absolute atomic E-state index is 14.3. The molecule has 1 atom stereocenters. The van der Waals surface area contributed by atoms with Crippen molar-refractivity contribution >= 4 is 0 Å². The number of ether oxygens (including phenoxy) is 1. The molecule has 3 rings (SSSR count). The van der Waals surface area contributed by atoms with Crippen LogP contribution in [0.2, 0.25) is 0 Å². The van der Waals surface area contributed by atoms with Crippen LogP contribution in [-0.2, 0) is 4.74 Å². The molecule has 2 aromatic rings. The van der Waals surface area contributed by atoms with Crippen LogP contribution in [0.4, 0.5) is 4.39 Å². The molecule has 0 aromatic heterocycles. The lowest BCUT2D eigenvalue weighted by atomic mass is 9.77. The van der Waals surface area contributed by atoms with Gasteiger partial charge in [0.2, 0.25) is 0 Å². The van der Waals surface area contributed by atoms with Crippen molar-refractivity contribution in [3.8, 4) is 0 Å². The van der Waals surface area contributed by atoms with Gasteiger partial charge in [-0.25, -0.2) is 4.39 Å². The number of hydrogen-bond donors (Lipinski definition) is 0. The van der Waals surface area contributed by atoms with Crippen molar-refractivity contribution in [3.63, 3.8) is 0 Å². The minimum Gasteiger partial charge on any atom is -0.369 e. The van der Waals surface area contributed by atoms with Gasteiger partial charge in [0.25, 0.3) is 0 Å². The molecule has 0 N–H and O–H groups in total. The average molecular weight is 367 g/mol. The van der Waals surface area contributed by atoms with Crippen LogP contribution >= 0.6 is 0 Å². The van der Waals surface area contributed by atoms with E-state index < -0.39 is 0 Å². The number of benzene rings is 2. The van der Waals surface area contributed by atoms with Gasteiger partial charge in [0.1, 0.15) is 11.9 Å². The van der Waals surface area contributed by atoms with E-state index >= 15 is 0 Å². The Morgan fingerprint density at radius 1 is 1.07 bits per heavy atom. The first-order chi connectivity index (χ1) is 13.2. The van der Waals surface area contributed by atoms with Crippen molar-refractivity contribution in [2.75, 3.05) is 6.61 Å². The highest BCUT2D eigenvalue weighted by Crippen LogP contribution is 2.38. The second-order valence-corrected chi connectivity index (χ2v) is 7.61. The summed E-state index contributed by atoms with van der Waals surface area (Å²) < 4.78 is 20.1. The zero-order chi connectivity index (χ0) is 19.1. The summed E-state index contributed by atoms with van der Waals surface area (Å²) in [5, 5.41) is 0. The third kappa shape index (κ3) is 5.07. The van der Waals surface area contributed by atoms with Gasteiger partial charge in [-0.2, -0.15) is 0 Å². The molecule has 1 fully saturated rings. The van der Waals surface area contributed by atoms with E-state index in [0.29, 0.717) is 18.1 Å². The van der Waals surface area contributed by atoms with Crippen LogP contribution in [0, 0.1) is 11.7 Å². The van der Waals surface area contributed by atoms with Gasteiger partial charge in [-0.3, -0.25) is 0 Å². The van der Waals surface area contributed by atoms with Crippen LogP contribution < -0.4 is 0 Å². The van der Waals surface area contributed by atoms with Crippen LogP contribution in [0.25, 0.3) is 0 Å². The second-order valence-electron chi connectivity index (χ2n) is 7.61. The molecule has 2 aromatic carbocycles. The molecule has 144 valence electrons. The largest absolute Gasteiger partial charge is 0.369 e. The van der Waals surface area contributed by atoms with Gasteiger partial charge in [0.15, 0.2) is 0 Å². The Morgan fingerprint density at radius 2 is 1.78 bits per heavy atom. The zero-order valence-corrected chi connectivity index (χ0v) is 16.4. The summed E-state index contributed by atoms with van der Waals surface area (Å²) in [6.45, 7) is 6.34.